The molecule has 12 nitrogen and oxygen atoms in total. The zero-order valence-corrected chi connectivity index (χ0v) is 19.6. The molecule has 4 heterocycles. The lowest BCUT2D eigenvalue weighted by Gasteiger charge is -2.26. The van der Waals surface area contributed by atoms with Crippen molar-refractivity contribution < 1.29 is 36.2 Å². The molecule has 0 bridgehead atoms. The highest BCUT2D eigenvalue weighted by molar-refractivity contribution is 7.79. The third kappa shape index (κ3) is 6.04. The number of hydrogen-bond donors (Lipinski definition) is 4. The summed E-state index contributed by atoms with van der Waals surface area (Å²) in [4.78, 5) is 20.7. The van der Waals surface area contributed by atoms with Crippen LogP contribution in [0.4, 0.5) is 25.1 Å². The van der Waals surface area contributed by atoms with E-state index in [1.54, 1.807) is 21.7 Å². The Morgan fingerprint density at radius 3 is 2.58 bits per heavy atom. The Hall–Kier alpha value is -3.40. The third-order valence-corrected chi connectivity index (χ3v) is 5.91. The van der Waals surface area contributed by atoms with Crippen molar-refractivity contribution in [1.29, 1.82) is 0 Å². The van der Waals surface area contributed by atoms with Crippen LogP contribution >= 0.6 is 0 Å². The average Bonchev–Trinajstić information content (AvgIpc) is 3.54. The first kappa shape index (κ1) is 25.7. The summed E-state index contributed by atoms with van der Waals surface area (Å²) < 4.78 is 61.3. The first-order chi connectivity index (χ1) is 17.0. The van der Waals surface area contributed by atoms with Crippen molar-refractivity contribution in [2.24, 2.45) is 0 Å². The Morgan fingerprint density at radius 1 is 1.14 bits per heavy atom. The predicted octanol–water partition coefficient (Wildman–Crippen LogP) is 2.29. The fourth-order valence-corrected chi connectivity index (χ4v) is 4.36. The van der Waals surface area contributed by atoms with E-state index < -0.39 is 28.1 Å². The van der Waals surface area contributed by atoms with Gasteiger partial charge >= 0.3 is 16.4 Å². The van der Waals surface area contributed by atoms with Crippen LogP contribution < -0.4 is 10.2 Å². The van der Waals surface area contributed by atoms with Crippen LogP contribution in [0.3, 0.4) is 0 Å². The molecule has 2 amide bonds. The Balaban J connectivity index is 0.000000556. The molecule has 2 fully saturated rings. The number of aliphatic hydroxyl groups is 1. The molecule has 3 aromatic rings. The van der Waals surface area contributed by atoms with Crippen LogP contribution in [-0.2, 0) is 10.4 Å². The molecule has 2 aliphatic heterocycles. The molecule has 5 rings (SSSR count). The molecular weight excluding hydrogens is 502 g/mol. The highest BCUT2D eigenvalue weighted by atomic mass is 32.3. The lowest BCUT2D eigenvalue weighted by molar-refractivity contribution is 0.176. The van der Waals surface area contributed by atoms with Crippen LogP contribution in [0.1, 0.15) is 30.9 Å². The molecule has 36 heavy (non-hydrogen) atoms. The van der Waals surface area contributed by atoms with Gasteiger partial charge in [0, 0.05) is 31.4 Å². The zero-order chi connectivity index (χ0) is 26.0. The van der Waals surface area contributed by atoms with Gasteiger partial charge in [0.2, 0.25) is 0 Å². The van der Waals surface area contributed by atoms with Gasteiger partial charge in [0.15, 0.2) is 5.65 Å². The van der Waals surface area contributed by atoms with Gasteiger partial charge in [-0.15, -0.1) is 0 Å². The van der Waals surface area contributed by atoms with Gasteiger partial charge in [-0.2, -0.15) is 13.5 Å². The van der Waals surface area contributed by atoms with Gasteiger partial charge in [-0.05, 0) is 43.5 Å². The number of amides is 2. The van der Waals surface area contributed by atoms with Gasteiger partial charge in [-0.3, -0.25) is 9.11 Å². The van der Waals surface area contributed by atoms with E-state index in [2.05, 4.69) is 15.4 Å². The maximum absolute atomic E-state index is 14.4. The monoisotopic (exact) mass is 526 g/mol. The highest BCUT2D eigenvalue weighted by Gasteiger charge is 2.30. The van der Waals surface area contributed by atoms with E-state index in [1.807, 2.05) is 4.90 Å². The minimum Gasteiger partial charge on any atom is -0.391 e. The van der Waals surface area contributed by atoms with Crippen LogP contribution in [-0.4, -0.2) is 73.9 Å². The van der Waals surface area contributed by atoms with Gasteiger partial charge in [-0.1, -0.05) is 0 Å². The molecule has 0 spiro atoms. The number of hydrogen-bond acceptors (Lipinski definition) is 7. The number of halogens is 2. The molecule has 194 valence electrons. The number of β-amino-alcohol motifs (C(OH)–C–C–N with tert-alkyl or cyclic N) is 1. The van der Waals surface area contributed by atoms with Crippen molar-refractivity contribution in [3.05, 3.63) is 53.9 Å². The smallest absolute Gasteiger partial charge is 0.391 e. The molecule has 0 unspecified atom stereocenters. The molecule has 0 saturated carbocycles. The van der Waals surface area contributed by atoms with Gasteiger partial charge in [-0.25, -0.2) is 23.1 Å². The molecule has 4 N–H and O–H groups in total. The highest BCUT2D eigenvalue weighted by Crippen LogP contribution is 2.37. The lowest BCUT2D eigenvalue weighted by Crippen LogP contribution is -2.33. The molecule has 0 aliphatic carbocycles. The second kappa shape index (κ2) is 10.3. The summed E-state index contributed by atoms with van der Waals surface area (Å²) in [6, 6.07) is 4.64. The SMILES string of the molecule is O=C(Nc1cnn2ccc(N3CCC[C@H]3c3cc(F)ccc3F)nc12)N1CC[C@H](O)C1.O=S(=O)(O)O. The standard InChI is InChI=1S/C21H22F2N6O2.H2O4S/c22-13-3-4-16(23)15(10-13)18-2-1-7-28(18)19-6-9-29-20(26-19)17(11-24-29)25-21(31)27-8-5-14(30)12-27;1-5(2,3)4/h3-4,6,9-11,14,18,30H,1-2,5,7-8,12H2,(H,25,31);(H2,1,2,3,4)/t14-,18-;/m0./s1. The van der Waals surface area contributed by atoms with E-state index in [-0.39, 0.29) is 12.1 Å². The van der Waals surface area contributed by atoms with Crippen LogP contribution in [0.5, 0.6) is 0 Å². The molecule has 2 atom stereocenters. The Kier molecular flexibility index (Phi) is 7.35. The van der Waals surface area contributed by atoms with Crippen molar-refractivity contribution in [2.75, 3.05) is 29.9 Å². The van der Waals surface area contributed by atoms with Crippen LogP contribution in [0.2, 0.25) is 0 Å². The molecule has 1 aromatic carbocycles. The number of benzene rings is 1. The summed E-state index contributed by atoms with van der Waals surface area (Å²) in [5.41, 5.74) is 1.21. The fraction of sp³-hybridized carbons (Fsp3) is 0.381. The summed E-state index contributed by atoms with van der Waals surface area (Å²) in [7, 11) is -4.67. The third-order valence-electron chi connectivity index (χ3n) is 5.91. The number of aliphatic hydroxyl groups excluding tert-OH is 1. The minimum absolute atomic E-state index is 0.290. The largest absolute Gasteiger partial charge is 0.394 e. The number of rotatable bonds is 3. The van der Waals surface area contributed by atoms with Gasteiger partial charge in [0.1, 0.15) is 23.1 Å². The second-order valence-electron chi connectivity index (χ2n) is 8.40. The van der Waals surface area contributed by atoms with Gasteiger partial charge < -0.3 is 20.2 Å². The summed E-state index contributed by atoms with van der Waals surface area (Å²) in [6.45, 7) is 1.43. The predicted molar refractivity (Wildman–Crippen MR) is 124 cm³/mol. The van der Waals surface area contributed by atoms with Crippen LogP contribution in [0, 0.1) is 11.6 Å². The Bertz CT molecular complexity index is 1360. The summed E-state index contributed by atoms with van der Waals surface area (Å²) in [5.74, 6) is -0.310. The molecule has 0 radical (unpaired) electrons. The molecule has 2 aromatic heterocycles. The molecule has 2 aliphatic rings. The van der Waals surface area contributed by atoms with E-state index in [9.17, 15) is 18.7 Å². The topological polar surface area (TPSA) is 161 Å². The van der Waals surface area contributed by atoms with Crippen molar-refractivity contribution >= 4 is 33.6 Å². The van der Waals surface area contributed by atoms with Gasteiger partial charge in [0.05, 0.1) is 18.3 Å². The van der Waals surface area contributed by atoms with E-state index in [1.165, 1.54) is 12.3 Å². The number of carbonyl (C=O) groups is 1. The molecule has 2 saturated heterocycles. The van der Waals surface area contributed by atoms with Crippen molar-refractivity contribution in [3.8, 4) is 0 Å². The van der Waals surface area contributed by atoms with Gasteiger partial charge in [0.25, 0.3) is 0 Å². The van der Waals surface area contributed by atoms with E-state index in [0.29, 0.717) is 55.2 Å². The molecule has 15 heteroatoms. The minimum atomic E-state index is -4.67. The number of urea groups is 1. The maximum Gasteiger partial charge on any atom is 0.394 e. The Labute approximate surface area is 204 Å². The first-order valence-corrected chi connectivity index (χ1v) is 12.4. The fourth-order valence-electron chi connectivity index (χ4n) is 4.36. The van der Waals surface area contributed by atoms with Crippen molar-refractivity contribution in [3.63, 3.8) is 0 Å². The number of nitrogens with one attached hydrogen (secondary N) is 1. The van der Waals surface area contributed by atoms with E-state index >= 15 is 0 Å². The zero-order valence-electron chi connectivity index (χ0n) is 18.8. The summed E-state index contributed by atoms with van der Waals surface area (Å²) in [6.07, 6.45) is 4.81. The number of likely N-dealkylation sites (tertiary alicyclic amines) is 1. The first-order valence-electron chi connectivity index (χ1n) is 11.0. The average molecular weight is 527 g/mol. The number of aromatic nitrogens is 3. The number of carbonyl (C=O) groups excluding carboxylic acids is 1. The van der Waals surface area contributed by atoms with E-state index in [0.717, 1.165) is 18.6 Å². The molecular formula is C21H24F2N6O6S. The Morgan fingerprint density at radius 2 is 1.89 bits per heavy atom. The van der Waals surface area contributed by atoms with Crippen molar-refractivity contribution in [1.82, 2.24) is 19.5 Å². The maximum atomic E-state index is 14.4. The van der Waals surface area contributed by atoms with E-state index in [4.69, 9.17) is 17.5 Å². The number of fused-ring (bicyclic) bond motifs is 1. The van der Waals surface area contributed by atoms with Crippen molar-refractivity contribution in [2.45, 2.75) is 31.4 Å². The van der Waals surface area contributed by atoms with Crippen LogP contribution in [0.25, 0.3) is 5.65 Å². The lowest BCUT2D eigenvalue weighted by atomic mass is 10.0. The summed E-state index contributed by atoms with van der Waals surface area (Å²) >= 11 is 0. The summed E-state index contributed by atoms with van der Waals surface area (Å²) in [5, 5.41) is 16.7. The number of nitrogens with zero attached hydrogens (tertiary/aromatic N) is 5. The van der Waals surface area contributed by atoms with Crippen LogP contribution in [0.15, 0.2) is 36.7 Å². The normalized spacial score (nSPS) is 19.9. The number of anilines is 2. The quantitative estimate of drug-likeness (QED) is 0.375. The second-order valence-corrected chi connectivity index (χ2v) is 9.29.